The molecule has 0 saturated carbocycles. The van der Waals surface area contributed by atoms with E-state index in [9.17, 15) is 13.2 Å². The molecule has 9 nitrogen and oxygen atoms in total. The smallest absolute Gasteiger partial charge is 0.257 e. The van der Waals surface area contributed by atoms with Gasteiger partial charge in [-0.25, -0.2) is 13.4 Å². The molecule has 11 heteroatoms. The standard InChI is InChI=1S/C24H27N3O6S2/c1-27(14-18-5-4-12-33-18)35(29,30)19-9-6-16(7-10-19)23(28)26-24-25-21(15-34-24)20-11-8-17(31-2)13-22(20)32-3/h6-11,13,15,18H,4-5,12,14H2,1-3H3,(H,25,26,28). The van der Waals surface area contributed by atoms with Crippen LogP contribution in [0.25, 0.3) is 11.3 Å². The number of sulfonamides is 1. The van der Waals surface area contributed by atoms with Crippen LogP contribution in [0.5, 0.6) is 11.5 Å². The second-order valence-corrected chi connectivity index (χ2v) is 10.9. The third-order valence-corrected chi connectivity index (χ3v) is 8.31. The molecule has 1 N–H and O–H groups in total. The number of amides is 1. The summed E-state index contributed by atoms with van der Waals surface area (Å²) in [7, 11) is 1.01. The van der Waals surface area contributed by atoms with Crippen LogP contribution in [0.4, 0.5) is 5.13 Å². The highest BCUT2D eigenvalue weighted by molar-refractivity contribution is 7.89. The Morgan fingerprint density at radius 2 is 1.97 bits per heavy atom. The lowest BCUT2D eigenvalue weighted by molar-refractivity contribution is 0.0979. The van der Waals surface area contributed by atoms with Gasteiger partial charge < -0.3 is 14.2 Å². The van der Waals surface area contributed by atoms with E-state index in [1.807, 2.05) is 17.5 Å². The van der Waals surface area contributed by atoms with Gasteiger partial charge in [0.2, 0.25) is 10.0 Å². The minimum absolute atomic E-state index is 0.0825. The number of hydrogen-bond acceptors (Lipinski definition) is 8. The first-order valence-corrected chi connectivity index (χ1v) is 13.3. The van der Waals surface area contributed by atoms with Gasteiger partial charge in [-0.15, -0.1) is 11.3 Å². The molecule has 0 radical (unpaired) electrons. The van der Waals surface area contributed by atoms with Crippen LogP contribution in [0.2, 0.25) is 0 Å². The first-order valence-electron chi connectivity index (χ1n) is 11.0. The molecular formula is C24H27N3O6S2. The van der Waals surface area contributed by atoms with Crippen molar-refractivity contribution in [1.82, 2.24) is 9.29 Å². The topological polar surface area (TPSA) is 107 Å². The lowest BCUT2D eigenvalue weighted by Crippen LogP contribution is -2.34. The van der Waals surface area contributed by atoms with Crippen LogP contribution in [0.1, 0.15) is 23.2 Å². The maximum Gasteiger partial charge on any atom is 0.257 e. The summed E-state index contributed by atoms with van der Waals surface area (Å²) in [5.41, 5.74) is 1.75. The Balaban J connectivity index is 1.43. The van der Waals surface area contributed by atoms with Gasteiger partial charge in [0.05, 0.1) is 30.9 Å². The largest absolute Gasteiger partial charge is 0.497 e. The van der Waals surface area contributed by atoms with Gasteiger partial charge in [-0.2, -0.15) is 4.31 Å². The molecular weight excluding hydrogens is 490 g/mol. The predicted octanol–water partition coefficient (Wildman–Crippen LogP) is 3.88. The van der Waals surface area contributed by atoms with E-state index < -0.39 is 10.0 Å². The van der Waals surface area contributed by atoms with E-state index in [4.69, 9.17) is 14.2 Å². The lowest BCUT2D eigenvalue weighted by atomic mass is 10.1. The predicted molar refractivity (Wildman–Crippen MR) is 134 cm³/mol. The van der Waals surface area contributed by atoms with Gasteiger partial charge >= 0.3 is 0 Å². The minimum atomic E-state index is -3.68. The SMILES string of the molecule is COc1ccc(-c2csc(NC(=O)c3ccc(S(=O)(=O)N(C)CC4CCCO4)cc3)n2)c(OC)c1. The second-order valence-electron chi connectivity index (χ2n) is 8.00. The Labute approximate surface area is 208 Å². The molecule has 1 aromatic heterocycles. The number of benzene rings is 2. The summed E-state index contributed by atoms with van der Waals surface area (Å²) >= 11 is 1.28. The zero-order valence-corrected chi connectivity index (χ0v) is 21.3. The summed E-state index contributed by atoms with van der Waals surface area (Å²) in [5, 5.41) is 5.00. The van der Waals surface area contributed by atoms with E-state index in [0.717, 1.165) is 18.4 Å². The molecule has 1 amide bonds. The van der Waals surface area contributed by atoms with E-state index in [2.05, 4.69) is 10.3 Å². The van der Waals surface area contributed by atoms with Gasteiger partial charge in [-0.3, -0.25) is 10.1 Å². The Morgan fingerprint density at radius 3 is 2.63 bits per heavy atom. The zero-order valence-electron chi connectivity index (χ0n) is 19.7. The molecule has 2 heterocycles. The first kappa shape index (κ1) is 25.1. The fourth-order valence-electron chi connectivity index (χ4n) is 3.77. The van der Waals surface area contributed by atoms with Crippen LogP contribution in [0.15, 0.2) is 52.7 Å². The third-order valence-electron chi connectivity index (χ3n) is 5.72. The van der Waals surface area contributed by atoms with Crippen molar-refractivity contribution >= 4 is 32.4 Å². The van der Waals surface area contributed by atoms with E-state index >= 15 is 0 Å². The third kappa shape index (κ3) is 5.64. The average Bonchev–Trinajstić information content (AvgIpc) is 3.56. The monoisotopic (exact) mass is 517 g/mol. The maximum atomic E-state index is 12.9. The fraction of sp³-hybridized carbons (Fsp3) is 0.333. The number of carbonyl (C=O) groups is 1. The van der Waals surface area contributed by atoms with Crippen LogP contribution in [0.3, 0.4) is 0 Å². The minimum Gasteiger partial charge on any atom is -0.497 e. The number of thiazole rings is 1. The van der Waals surface area contributed by atoms with Gasteiger partial charge in [0.15, 0.2) is 5.13 Å². The zero-order chi connectivity index (χ0) is 25.0. The molecule has 0 spiro atoms. The van der Waals surface area contributed by atoms with Crippen LogP contribution in [-0.2, 0) is 14.8 Å². The molecule has 1 atom stereocenters. The summed E-state index contributed by atoms with van der Waals surface area (Å²) in [6.07, 6.45) is 1.71. The van der Waals surface area contributed by atoms with Crippen molar-refractivity contribution in [2.24, 2.45) is 0 Å². The molecule has 1 aliphatic rings. The molecule has 3 aromatic rings. The van der Waals surface area contributed by atoms with E-state index in [1.165, 1.54) is 47.0 Å². The Bertz CT molecular complexity index is 1280. The highest BCUT2D eigenvalue weighted by Crippen LogP contribution is 2.35. The van der Waals surface area contributed by atoms with Crippen molar-refractivity contribution in [3.05, 3.63) is 53.4 Å². The quantitative estimate of drug-likeness (QED) is 0.459. The summed E-state index contributed by atoms with van der Waals surface area (Å²) in [4.78, 5) is 17.3. The van der Waals surface area contributed by atoms with Crippen LogP contribution in [-0.4, -0.2) is 64.1 Å². The lowest BCUT2D eigenvalue weighted by Gasteiger charge is -2.20. The Hall–Kier alpha value is -2.99. The van der Waals surface area contributed by atoms with Crippen LogP contribution >= 0.6 is 11.3 Å². The molecule has 1 unspecified atom stereocenters. The van der Waals surface area contributed by atoms with E-state index in [1.54, 1.807) is 20.3 Å². The highest BCUT2D eigenvalue weighted by Gasteiger charge is 2.26. The number of aromatic nitrogens is 1. The van der Waals surface area contributed by atoms with Gasteiger partial charge in [-0.1, -0.05) is 0 Å². The molecule has 0 aliphatic carbocycles. The van der Waals surface area contributed by atoms with Crippen molar-refractivity contribution in [2.45, 2.75) is 23.8 Å². The van der Waals surface area contributed by atoms with Gasteiger partial charge in [-0.05, 0) is 49.2 Å². The van der Waals surface area contributed by atoms with Crippen molar-refractivity contribution < 1.29 is 27.4 Å². The molecule has 35 heavy (non-hydrogen) atoms. The first-order chi connectivity index (χ1) is 16.8. The van der Waals surface area contributed by atoms with Crippen molar-refractivity contribution in [3.8, 4) is 22.8 Å². The number of hydrogen-bond donors (Lipinski definition) is 1. The van der Waals surface area contributed by atoms with E-state index in [-0.39, 0.29) is 16.9 Å². The maximum absolute atomic E-state index is 12.9. The van der Waals surface area contributed by atoms with Crippen LogP contribution < -0.4 is 14.8 Å². The number of nitrogens with one attached hydrogen (secondary N) is 1. The second kappa shape index (κ2) is 10.7. The number of anilines is 1. The molecule has 0 bridgehead atoms. The number of methoxy groups -OCH3 is 2. The molecule has 4 rings (SSSR count). The van der Waals surface area contributed by atoms with Gasteiger partial charge in [0.25, 0.3) is 5.91 Å². The number of carbonyl (C=O) groups excluding carboxylic acids is 1. The molecule has 1 fully saturated rings. The average molecular weight is 518 g/mol. The van der Waals surface area contributed by atoms with Gasteiger partial charge in [0.1, 0.15) is 11.5 Å². The van der Waals surface area contributed by atoms with Crippen molar-refractivity contribution in [2.75, 3.05) is 39.7 Å². The molecule has 186 valence electrons. The summed E-state index contributed by atoms with van der Waals surface area (Å²) in [6.45, 7) is 0.965. The number of rotatable bonds is 9. The Kier molecular flexibility index (Phi) is 7.70. The number of nitrogens with zero attached hydrogens (tertiary/aromatic N) is 2. The van der Waals surface area contributed by atoms with E-state index in [0.29, 0.717) is 41.0 Å². The fourth-order valence-corrected chi connectivity index (χ4v) is 5.67. The normalized spacial score (nSPS) is 15.8. The van der Waals surface area contributed by atoms with Crippen molar-refractivity contribution in [3.63, 3.8) is 0 Å². The molecule has 2 aromatic carbocycles. The molecule has 1 aliphatic heterocycles. The number of ether oxygens (including phenoxy) is 3. The summed E-state index contributed by atoms with van der Waals surface area (Å²) < 4.78 is 43.2. The summed E-state index contributed by atoms with van der Waals surface area (Å²) in [5.74, 6) is 0.885. The molecule has 1 saturated heterocycles. The highest BCUT2D eigenvalue weighted by atomic mass is 32.2. The van der Waals surface area contributed by atoms with Crippen molar-refractivity contribution in [1.29, 1.82) is 0 Å². The Morgan fingerprint density at radius 1 is 1.20 bits per heavy atom. The van der Waals surface area contributed by atoms with Gasteiger partial charge in [0, 0.05) is 42.8 Å². The number of likely N-dealkylation sites (N-methyl/N-ethyl adjacent to an activating group) is 1. The summed E-state index contributed by atoms with van der Waals surface area (Å²) in [6, 6.07) is 11.3. The van der Waals surface area contributed by atoms with Crippen LogP contribution in [0, 0.1) is 0 Å².